The average molecular weight is 424 g/mol. The van der Waals surface area contributed by atoms with Gasteiger partial charge in [-0.05, 0) is 55.5 Å². The van der Waals surface area contributed by atoms with E-state index in [1.54, 1.807) is 22.2 Å². The number of aliphatic hydroxyl groups is 1. The molecule has 1 N–H and O–H groups in total. The van der Waals surface area contributed by atoms with E-state index in [1.807, 2.05) is 29.5 Å². The molecule has 3 aromatic heterocycles. The molecule has 2 aliphatic rings. The normalized spacial score (nSPS) is 17.5. The van der Waals surface area contributed by atoms with Crippen LogP contribution in [0.5, 0.6) is 0 Å². The summed E-state index contributed by atoms with van der Waals surface area (Å²) in [6, 6.07) is 4.07. The van der Waals surface area contributed by atoms with Gasteiger partial charge in [0, 0.05) is 31.8 Å². The third-order valence-corrected chi connectivity index (χ3v) is 6.94. The number of carbonyl (C=O) groups is 1. The van der Waals surface area contributed by atoms with Crippen LogP contribution < -0.4 is 0 Å². The first-order chi connectivity index (χ1) is 14.7. The minimum atomic E-state index is 0.0325. The molecular weight excluding hydrogens is 398 g/mol. The standard InChI is InChI=1S/C22H25N5O2S/c1-14-11-23-22(25-19(14)18-3-2-10-30-18)27-20(16-4-5-16)17(12-24-27)21(29)26-8-6-15(13-28)7-9-26/h2-3,10-12,15-16,28H,4-9,13H2,1H3. The summed E-state index contributed by atoms with van der Waals surface area (Å²) in [5.41, 5.74) is 3.53. The van der Waals surface area contributed by atoms with E-state index in [1.165, 1.54) is 0 Å². The molecule has 3 aromatic rings. The molecule has 156 valence electrons. The summed E-state index contributed by atoms with van der Waals surface area (Å²) < 4.78 is 1.77. The Bertz CT molecular complexity index is 1050. The van der Waals surface area contributed by atoms with Crippen LogP contribution in [0.15, 0.2) is 29.9 Å². The number of piperidine rings is 1. The van der Waals surface area contributed by atoms with Crippen molar-refractivity contribution in [2.75, 3.05) is 19.7 Å². The van der Waals surface area contributed by atoms with Crippen LogP contribution in [0.4, 0.5) is 0 Å². The molecule has 5 rings (SSSR count). The lowest BCUT2D eigenvalue weighted by atomic mass is 9.97. The van der Waals surface area contributed by atoms with Gasteiger partial charge in [0.05, 0.1) is 28.0 Å². The van der Waals surface area contributed by atoms with Crippen molar-refractivity contribution in [3.05, 3.63) is 46.7 Å². The van der Waals surface area contributed by atoms with E-state index in [-0.39, 0.29) is 12.5 Å². The number of thiophene rings is 1. The van der Waals surface area contributed by atoms with Gasteiger partial charge in [-0.1, -0.05) is 6.07 Å². The van der Waals surface area contributed by atoms with Gasteiger partial charge in [0.25, 0.3) is 11.9 Å². The quantitative estimate of drug-likeness (QED) is 0.680. The predicted octanol–water partition coefficient (Wildman–Crippen LogP) is 3.42. The molecule has 8 heteroatoms. The SMILES string of the molecule is Cc1cnc(-n2ncc(C(=O)N3CCC(CO)CC3)c2C2CC2)nc1-c1cccs1. The van der Waals surface area contributed by atoms with Crippen LogP contribution >= 0.6 is 11.3 Å². The lowest BCUT2D eigenvalue weighted by Crippen LogP contribution is -2.39. The zero-order valence-corrected chi connectivity index (χ0v) is 17.8. The first kappa shape index (κ1) is 19.4. The van der Waals surface area contributed by atoms with E-state index >= 15 is 0 Å². The summed E-state index contributed by atoms with van der Waals surface area (Å²) in [6.07, 6.45) is 7.32. The van der Waals surface area contributed by atoms with Crippen molar-refractivity contribution in [2.45, 2.75) is 38.5 Å². The Hall–Kier alpha value is -2.58. The molecule has 1 amide bonds. The zero-order chi connectivity index (χ0) is 20.7. The van der Waals surface area contributed by atoms with Gasteiger partial charge >= 0.3 is 0 Å². The molecule has 1 saturated heterocycles. The molecule has 0 spiro atoms. The number of amides is 1. The second kappa shape index (κ2) is 7.92. The van der Waals surface area contributed by atoms with E-state index in [9.17, 15) is 9.90 Å². The molecule has 1 aliphatic carbocycles. The molecule has 1 saturated carbocycles. The summed E-state index contributed by atoms with van der Waals surface area (Å²) in [4.78, 5) is 25.6. The van der Waals surface area contributed by atoms with Gasteiger partial charge in [-0.15, -0.1) is 11.3 Å². The van der Waals surface area contributed by atoms with Crippen LogP contribution in [0, 0.1) is 12.8 Å². The van der Waals surface area contributed by atoms with Crippen molar-refractivity contribution in [1.29, 1.82) is 0 Å². The topological polar surface area (TPSA) is 84.1 Å². The van der Waals surface area contributed by atoms with E-state index in [4.69, 9.17) is 4.98 Å². The molecule has 0 aromatic carbocycles. The summed E-state index contributed by atoms with van der Waals surface area (Å²) in [7, 11) is 0. The van der Waals surface area contributed by atoms with E-state index < -0.39 is 0 Å². The summed E-state index contributed by atoms with van der Waals surface area (Å²) >= 11 is 1.65. The second-order valence-corrected chi connectivity index (χ2v) is 9.17. The van der Waals surface area contributed by atoms with Crippen LogP contribution in [0.2, 0.25) is 0 Å². The van der Waals surface area contributed by atoms with Crippen LogP contribution in [-0.2, 0) is 0 Å². The number of hydrogen-bond acceptors (Lipinski definition) is 6. The highest BCUT2D eigenvalue weighted by molar-refractivity contribution is 7.13. The minimum Gasteiger partial charge on any atom is -0.396 e. The van der Waals surface area contributed by atoms with Crippen molar-refractivity contribution < 1.29 is 9.90 Å². The van der Waals surface area contributed by atoms with E-state index in [2.05, 4.69) is 16.1 Å². The molecule has 30 heavy (non-hydrogen) atoms. The van der Waals surface area contributed by atoms with Gasteiger partial charge in [0.15, 0.2) is 0 Å². The number of aryl methyl sites for hydroxylation is 1. The van der Waals surface area contributed by atoms with Crippen LogP contribution in [0.1, 0.15) is 53.2 Å². The van der Waals surface area contributed by atoms with Gasteiger partial charge < -0.3 is 10.0 Å². The average Bonchev–Trinajstić information content (AvgIpc) is 3.28. The summed E-state index contributed by atoms with van der Waals surface area (Å²) in [6.45, 7) is 3.57. The Labute approximate surface area is 179 Å². The number of rotatable bonds is 5. The van der Waals surface area contributed by atoms with Crippen molar-refractivity contribution in [3.63, 3.8) is 0 Å². The molecule has 7 nitrogen and oxygen atoms in total. The third-order valence-electron chi connectivity index (χ3n) is 6.06. The fourth-order valence-electron chi connectivity index (χ4n) is 4.12. The van der Waals surface area contributed by atoms with Crippen molar-refractivity contribution in [2.24, 2.45) is 5.92 Å². The van der Waals surface area contributed by atoms with Crippen molar-refractivity contribution >= 4 is 17.2 Å². The maximum Gasteiger partial charge on any atom is 0.257 e. The minimum absolute atomic E-state index is 0.0325. The van der Waals surface area contributed by atoms with Gasteiger partial charge in [-0.2, -0.15) is 5.10 Å². The second-order valence-electron chi connectivity index (χ2n) is 8.23. The van der Waals surface area contributed by atoms with Gasteiger partial charge in [-0.3, -0.25) is 4.79 Å². The maximum atomic E-state index is 13.3. The molecule has 0 atom stereocenters. The van der Waals surface area contributed by atoms with E-state index in [0.29, 0.717) is 36.4 Å². The number of aromatic nitrogens is 4. The van der Waals surface area contributed by atoms with Gasteiger partial charge in [-0.25, -0.2) is 14.6 Å². The molecule has 0 radical (unpaired) electrons. The highest BCUT2D eigenvalue weighted by Crippen LogP contribution is 2.42. The maximum absolute atomic E-state index is 13.3. The first-order valence-corrected chi connectivity index (χ1v) is 11.4. The lowest BCUT2D eigenvalue weighted by Gasteiger charge is -2.31. The first-order valence-electron chi connectivity index (χ1n) is 10.5. The molecule has 0 unspecified atom stereocenters. The van der Waals surface area contributed by atoms with Crippen LogP contribution in [0.25, 0.3) is 16.5 Å². The van der Waals surface area contributed by atoms with Crippen LogP contribution in [0.3, 0.4) is 0 Å². The molecule has 4 heterocycles. The van der Waals surface area contributed by atoms with Crippen molar-refractivity contribution in [3.8, 4) is 16.5 Å². The number of likely N-dealkylation sites (tertiary alicyclic amines) is 1. The fourth-order valence-corrected chi connectivity index (χ4v) is 4.90. The number of aliphatic hydroxyl groups excluding tert-OH is 1. The zero-order valence-electron chi connectivity index (χ0n) is 17.0. The largest absolute Gasteiger partial charge is 0.396 e. The van der Waals surface area contributed by atoms with E-state index in [0.717, 1.165) is 47.5 Å². The number of carbonyl (C=O) groups excluding carboxylic acids is 1. The molecule has 0 bridgehead atoms. The Morgan fingerprint density at radius 1 is 1.23 bits per heavy atom. The molecule has 1 aliphatic heterocycles. The Morgan fingerprint density at radius 2 is 2.03 bits per heavy atom. The molecule has 2 fully saturated rings. The van der Waals surface area contributed by atoms with Gasteiger partial charge in [0.1, 0.15) is 0 Å². The molecular formula is C22H25N5O2S. The third kappa shape index (κ3) is 3.54. The van der Waals surface area contributed by atoms with Gasteiger partial charge in [0.2, 0.25) is 0 Å². The summed E-state index contributed by atoms with van der Waals surface area (Å²) in [5.74, 6) is 1.18. The Kier molecular flexibility index (Phi) is 5.12. The van der Waals surface area contributed by atoms with Crippen LogP contribution in [-0.4, -0.2) is 55.4 Å². The Morgan fingerprint density at radius 3 is 2.70 bits per heavy atom. The summed E-state index contributed by atoms with van der Waals surface area (Å²) in [5, 5.41) is 16.0. The fraction of sp³-hybridized carbons (Fsp3) is 0.455. The predicted molar refractivity (Wildman–Crippen MR) is 115 cm³/mol. The highest BCUT2D eigenvalue weighted by atomic mass is 32.1. The van der Waals surface area contributed by atoms with Crippen molar-refractivity contribution in [1.82, 2.24) is 24.6 Å². The highest BCUT2D eigenvalue weighted by Gasteiger charge is 2.35. The number of hydrogen-bond donors (Lipinski definition) is 1. The lowest BCUT2D eigenvalue weighted by molar-refractivity contribution is 0.0649. The Balaban J connectivity index is 1.49. The number of nitrogens with zero attached hydrogens (tertiary/aromatic N) is 5. The smallest absolute Gasteiger partial charge is 0.257 e. The monoisotopic (exact) mass is 423 g/mol.